The van der Waals surface area contributed by atoms with Crippen molar-refractivity contribution >= 4 is 34.6 Å². The van der Waals surface area contributed by atoms with Crippen LogP contribution in [0.15, 0.2) is 36.2 Å². The first-order valence-electron chi connectivity index (χ1n) is 9.63. The molecule has 2 unspecified atom stereocenters. The molecule has 2 rings (SSSR count). The Morgan fingerprint density at radius 3 is 2.30 bits per heavy atom. The maximum atomic E-state index is 13.3. The summed E-state index contributed by atoms with van der Waals surface area (Å²) >= 11 is 0.797. The molecule has 8 nitrogen and oxygen atoms in total. The van der Waals surface area contributed by atoms with Crippen molar-refractivity contribution in [1.82, 2.24) is 20.9 Å². The Kier molecular flexibility index (Phi) is 8.47. The predicted octanol–water partition coefficient (Wildman–Crippen LogP) is 2.44. The summed E-state index contributed by atoms with van der Waals surface area (Å²) in [5.41, 5.74) is 0.170. The number of alkyl halides is 3. The van der Waals surface area contributed by atoms with E-state index in [1.165, 1.54) is 38.4 Å². The largest absolute Gasteiger partial charge is 0.452 e. The molecule has 0 radical (unpaired) electrons. The van der Waals surface area contributed by atoms with E-state index in [1.807, 2.05) is 5.32 Å². The van der Waals surface area contributed by atoms with Gasteiger partial charge in [0.2, 0.25) is 5.91 Å². The highest BCUT2D eigenvalue weighted by Gasteiger charge is 2.45. The van der Waals surface area contributed by atoms with Crippen LogP contribution in [-0.4, -0.2) is 52.8 Å². The van der Waals surface area contributed by atoms with E-state index in [4.69, 9.17) is 0 Å². The molecule has 0 bridgehead atoms. The molecule has 1 aromatic rings. The average molecular weight is 490 g/mol. The SMILES string of the molecule is CSC(=O)NC1=CNC(c2ccc(F)cc2)N(CC(=O)NC(C(=O)C(F)(F)F)C(C)C)C1=O. The maximum absolute atomic E-state index is 13.3. The van der Waals surface area contributed by atoms with Crippen LogP contribution in [0.2, 0.25) is 0 Å². The minimum atomic E-state index is -5.15. The number of benzene rings is 1. The van der Waals surface area contributed by atoms with Crippen LogP contribution in [0.3, 0.4) is 0 Å². The summed E-state index contributed by atoms with van der Waals surface area (Å²) in [6, 6.07) is 3.13. The van der Waals surface area contributed by atoms with Crippen LogP contribution in [0, 0.1) is 11.7 Å². The number of amides is 3. The van der Waals surface area contributed by atoms with Crippen molar-refractivity contribution in [2.24, 2.45) is 5.92 Å². The van der Waals surface area contributed by atoms with Crippen molar-refractivity contribution in [2.75, 3.05) is 12.8 Å². The Morgan fingerprint density at radius 2 is 1.79 bits per heavy atom. The molecule has 2 atom stereocenters. The summed E-state index contributed by atoms with van der Waals surface area (Å²) in [6.07, 6.45) is -3.45. The number of hydrogen-bond donors (Lipinski definition) is 3. The molecule has 0 aromatic heterocycles. The van der Waals surface area contributed by atoms with E-state index < -0.39 is 59.5 Å². The lowest BCUT2D eigenvalue weighted by Gasteiger charge is -2.36. The van der Waals surface area contributed by atoms with E-state index >= 15 is 0 Å². The Balaban J connectivity index is 2.30. The van der Waals surface area contributed by atoms with Gasteiger partial charge in [0.25, 0.3) is 16.9 Å². The number of halogens is 4. The second kappa shape index (κ2) is 10.7. The van der Waals surface area contributed by atoms with Gasteiger partial charge in [-0.15, -0.1) is 0 Å². The van der Waals surface area contributed by atoms with Gasteiger partial charge in [0.05, 0.1) is 6.04 Å². The van der Waals surface area contributed by atoms with Gasteiger partial charge in [-0.05, 0) is 29.9 Å². The first-order chi connectivity index (χ1) is 15.3. The molecule has 0 aliphatic carbocycles. The Bertz CT molecular complexity index is 950. The Labute approximate surface area is 191 Å². The van der Waals surface area contributed by atoms with Crippen LogP contribution < -0.4 is 16.0 Å². The van der Waals surface area contributed by atoms with Gasteiger partial charge in [0.1, 0.15) is 24.2 Å². The van der Waals surface area contributed by atoms with Gasteiger partial charge in [0.15, 0.2) is 0 Å². The summed E-state index contributed by atoms with van der Waals surface area (Å²) in [5, 5.41) is 6.63. The van der Waals surface area contributed by atoms with Crippen LogP contribution in [0.4, 0.5) is 22.4 Å². The van der Waals surface area contributed by atoms with Gasteiger partial charge in [-0.2, -0.15) is 13.2 Å². The van der Waals surface area contributed by atoms with Gasteiger partial charge in [-0.3, -0.25) is 19.2 Å². The highest BCUT2D eigenvalue weighted by molar-refractivity contribution is 8.13. The van der Waals surface area contributed by atoms with E-state index in [0.29, 0.717) is 5.56 Å². The number of Topliss-reactive ketones (excluding diaryl/α,β-unsaturated/α-hetero) is 1. The number of nitrogens with one attached hydrogen (secondary N) is 3. The van der Waals surface area contributed by atoms with Crippen LogP contribution in [0.5, 0.6) is 0 Å². The topological polar surface area (TPSA) is 108 Å². The molecule has 3 amide bonds. The van der Waals surface area contributed by atoms with Crippen molar-refractivity contribution in [1.29, 1.82) is 0 Å². The summed E-state index contributed by atoms with van der Waals surface area (Å²) in [4.78, 5) is 49.9. The van der Waals surface area contributed by atoms with Crippen molar-refractivity contribution in [2.45, 2.75) is 32.2 Å². The van der Waals surface area contributed by atoms with Gasteiger partial charge in [-0.25, -0.2) is 4.39 Å². The highest BCUT2D eigenvalue weighted by Crippen LogP contribution is 2.25. The lowest BCUT2D eigenvalue weighted by Crippen LogP contribution is -2.55. The first-order valence-corrected chi connectivity index (χ1v) is 10.9. The summed E-state index contributed by atoms with van der Waals surface area (Å²) in [5.74, 6) is -5.35. The minimum Gasteiger partial charge on any atom is -0.365 e. The quantitative estimate of drug-likeness (QED) is 0.507. The van der Waals surface area contributed by atoms with Crippen molar-refractivity contribution in [3.05, 3.63) is 47.5 Å². The number of thioether (sulfide) groups is 1. The van der Waals surface area contributed by atoms with Gasteiger partial charge in [0, 0.05) is 6.20 Å². The number of hydrogen-bond acceptors (Lipinski definition) is 6. The molecule has 13 heteroatoms. The van der Waals surface area contributed by atoms with E-state index in [9.17, 15) is 36.7 Å². The van der Waals surface area contributed by atoms with Crippen LogP contribution >= 0.6 is 11.8 Å². The standard InChI is InChI=1S/C20H22F4N4O4S/c1-10(2)15(16(30)20(22,23)24)27-14(29)9-28-17(11-4-6-12(21)7-5-11)25-8-13(18(28)31)26-19(32)33-3/h4-8,10,15,17,25H,9H2,1-3H3,(H,26,32)(H,27,29). The maximum Gasteiger partial charge on any atom is 0.452 e. The molecule has 0 spiro atoms. The highest BCUT2D eigenvalue weighted by atomic mass is 32.2. The fourth-order valence-corrected chi connectivity index (χ4v) is 3.22. The van der Waals surface area contributed by atoms with Crippen LogP contribution in [0.25, 0.3) is 0 Å². The molecule has 1 aliphatic rings. The molecule has 1 heterocycles. The molecule has 0 saturated carbocycles. The van der Waals surface area contributed by atoms with Crippen molar-refractivity contribution in [3.8, 4) is 0 Å². The van der Waals surface area contributed by atoms with Crippen molar-refractivity contribution < 1.29 is 36.7 Å². The molecule has 0 fully saturated rings. The Morgan fingerprint density at radius 1 is 1.18 bits per heavy atom. The Hall–Kier alpha value is -3.09. The van der Waals surface area contributed by atoms with E-state index in [2.05, 4.69) is 10.6 Å². The average Bonchev–Trinajstić information content (AvgIpc) is 2.74. The van der Waals surface area contributed by atoms with Gasteiger partial charge < -0.3 is 20.9 Å². The third kappa shape index (κ3) is 6.70. The molecule has 0 saturated heterocycles. The zero-order valence-corrected chi connectivity index (χ0v) is 18.6. The molecule has 1 aliphatic heterocycles. The predicted molar refractivity (Wildman–Crippen MR) is 112 cm³/mol. The first kappa shape index (κ1) is 26.2. The fraction of sp³-hybridized carbons (Fsp3) is 0.400. The summed E-state index contributed by atoms with van der Waals surface area (Å²) < 4.78 is 52.0. The van der Waals surface area contributed by atoms with Crippen LogP contribution in [-0.2, 0) is 14.4 Å². The summed E-state index contributed by atoms with van der Waals surface area (Å²) in [6.45, 7) is 1.93. The van der Waals surface area contributed by atoms with E-state index in [-0.39, 0.29) is 5.70 Å². The minimum absolute atomic E-state index is 0.202. The zero-order chi connectivity index (χ0) is 24.9. The normalized spacial score (nSPS) is 17.2. The number of nitrogens with zero attached hydrogens (tertiary/aromatic N) is 1. The second-order valence-corrected chi connectivity index (χ2v) is 8.16. The molecular weight excluding hydrogens is 468 g/mol. The molecule has 1 aromatic carbocycles. The lowest BCUT2D eigenvalue weighted by molar-refractivity contribution is -0.175. The molecule has 180 valence electrons. The molecule has 3 N–H and O–H groups in total. The monoisotopic (exact) mass is 490 g/mol. The van der Waals surface area contributed by atoms with Gasteiger partial charge >= 0.3 is 6.18 Å². The van der Waals surface area contributed by atoms with E-state index in [0.717, 1.165) is 28.8 Å². The van der Waals surface area contributed by atoms with Crippen molar-refractivity contribution in [3.63, 3.8) is 0 Å². The second-order valence-electron chi connectivity index (χ2n) is 7.38. The number of carbonyl (C=O) groups is 4. The summed E-state index contributed by atoms with van der Waals surface area (Å²) in [7, 11) is 0. The number of ketones is 1. The number of carbonyl (C=O) groups excluding carboxylic acids is 4. The third-order valence-electron chi connectivity index (χ3n) is 4.66. The lowest BCUT2D eigenvalue weighted by atomic mass is 9.99. The van der Waals surface area contributed by atoms with Crippen LogP contribution in [0.1, 0.15) is 25.6 Å². The molecular formula is C20H22F4N4O4S. The fourth-order valence-electron chi connectivity index (χ4n) is 3.01. The third-order valence-corrected chi connectivity index (χ3v) is 5.13. The smallest absolute Gasteiger partial charge is 0.365 e. The zero-order valence-electron chi connectivity index (χ0n) is 17.8. The van der Waals surface area contributed by atoms with E-state index in [1.54, 1.807) is 0 Å². The van der Waals surface area contributed by atoms with Gasteiger partial charge in [-0.1, -0.05) is 37.7 Å². The molecule has 33 heavy (non-hydrogen) atoms. The number of rotatable bonds is 7.